The van der Waals surface area contributed by atoms with E-state index in [2.05, 4.69) is 4.98 Å². The third-order valence-corrected chi connectivity index (χ3v) is 4.66. The number of hydrogen-bond donors (Lipinski definition) is 0. The number of thioether (sulfide) groups is 1. The van der Waals surface area contributed by atoms with Gasteiger partial charge in [0.05, 0.1) is 23.1 Å². The van der Waals surface area contributed by atoms with Crippen molar-refractivity contribution in [1.29, 1.82) is 0 Å². The van der Waals surface area contributed by atoms with Crippen molar-refractivity contribution in [1.82, 2.24) is 9.55 Å². The van der Waals surface area contributed by atoms with Gasteiger partial charge in [-0.25, -0.2) is 4.98 Å². The number of benzene rings is 2. The van der Waals surface area contributed by atoms with Crippen LogP contribution in [-0.4, -0.2) is 21.6 Å². The zero-order chi connectivity index (χ0) is 16.4. The van der Waals surface area contributed by atoms with Gasteiger partial charge in [-0.15, -0.1) is 0 Å². The van der Waals surface area contributed by atoms with Gasteiger partial charge in [-0.1, -0.05) is 30.0 Å². The Hall–Kier alpha value is -2.54. The van der Waals surface area contributed by atoms with E-state index >= 15 is 0 Å². The number of ether oxygens (including phenoxy) is 1. The Morgan fingerprint density at radius 2 is 2.09 bits per heavy atom. The molecule has 0 N–H and O–H groups in total. The van der Waals surface area contributed by atoms with Crippen LogP contribution >= 0.6 is 11.8 Å². The fraction of sp³-hybridized carbons (Fsp3) is 0.188. The monoisotopic (exact) mass is 329 g/mol. The zero-order valence-electron chi connectivity index (χ0n) is 12.7. The molecule has 0 saturated heterocycles. The van der Waals surface area contributed by atoms with E-state index in [-0.39, 0.29) is 11.4 Å². The number of nitro benzene ring substituents is 1. The summed E-state index contributed by atoms with van der Waals surface area (Å²) in [7, 11) is 3.39. The predicted octanol–water partition coefficient (Wildman–Crippen LogP) is 3.78. The van der Waals surface area contributed by atoms with Crippen LogP contribution in [0.4, 0.5) is 5.69 Å². The van der Waals surface area contributed by atoms with Crippen LogP contribution in [0.25, 0.3) is 11.0 Å². The average Bonchev–Trinajstić information content (AvgIpc) is 2.89. The fourth-order valence-electron chi connectivity index (χ4n) is 2.37. The van der Waals surface area contributed by atoms with Crippen LogP contribution in [0, 0.1) is 10.1 Å². The number of aryl methyl sites for hydroxylation is 1. The van der Waals surface area contributed by atoms with E-state index in [1.165, 1.54) is 7.11 Å². The van der Waals surface area contributed by atoms with Crippen LogP contribution < -0.4 is 4.74 Å². The maximum absolute atomic E-state index is 11.1. The van der Waals surface area contributed by atoms with Crippen LogP contribution in [0.5, 0.6) is 5.75 Å². The summed E-state index contributed by atoms with van der Waals surface area (Å²) in [6.45, 7) is 0. The molecule has 3 aromatic rings. The number of rotatable bonds is 5. The summed E-state index contributed by atoms with van der Waals surface area (Å²) in [5.74, 6) is 0.869. The molecule has 118 valence electrons. The van der Waals surface area contributed by atoms with Crippen molar-refractivity contribution in [2.45, 2.75) is 10.9 Å². The molecule has 0 aliphatic heterocycles. The minimum absolute atomic E-state index is 0.0180. The standard InChI is InChI=1S/C16H15N3O3S/c1-18-13-6-4-3-5-12(13)17-16(18)23-10-11-7-8-15(22-2)14(9-11)19(20)21/h3-9H,10H2,1-2H3. The molecular formula is C16H15N3O3S. The molecule has 0 amide bonds. The molecule has 0 atom stereocenters. The minimum atomic E-state index is -0.429. The first-order valence-corrected chi connectivity index (χ1v) is 7.94. The lowest BCUT2D eigenvalue weighted by Crippen LogP contribution is -1.95. The minimum Gasteiger partial charge on any atom is -0.490 e. The Morgan fingerprint density at radius 3 is 2.78 bits per heavy atom. The number of aromatic nitrogens is 2. The highest BCUT2D eigenvalue weighted by atomic mass is 32.2. The fourth-order valence-corrected chi connectivity index (χ4v) is 3.30. The van der Waals surface area contributed by atoms with Crippen molar-refractivity contribution in [3.63, 3.8) is 0 Å². The van der Waals surface area contributed by atoms with E-state index in [9.17, 15) is 10.1 Å². The van der Waals surface area contributed by atoms with E-state index in [4.69, 9.17) is 4.74 Å². The summed E-state index contributed by atoms with van der Waals surface area (Å²) in [5.41, 5.74) is 2.85. The summed E-state index contributed by atoms with van der Waals surface area (Å²) in [5, 5.41) is 12.0. The van der Waals surface area contributed by atoms with E-state index in [0.29, 0.717) is 5.75 Å². The number of methoxy groups -OCH3 is 1. The number of nitrogens with zero attached hydrogens (tertiary/aromatic N) is 3. The molecule has 1 aromatic heterocycles. The van der Waals surface area contributed by atoms with Crippen molar-refractivity contribution >= 4 is 28.5 Å². The molecular weight excluding hydrogens is 314 g/mol. The molecule has 1 heterocycles. The second-order valence-corrected chi connectivity index (χ2v) is 5.94. The summed E-state index contributed by atoms with van der Waals surface area (Å²) in [4.78, 5) is 15.2. The molecule has 0 spiro atoms. The highest BCUT2D eigenvalue weighted by Gasteiger charge is 2.16. The van der Waals surface area contributed by atoms with Crippen LogP contribution in [0.3, 0.4) is 0 Å². The van der Waals surface area contributed by atoms with Gasteiger partial charge in [0.25, 0.3) is 0 Å². The third-order valence-electron chi connectivity index (χ3n) is 3.55. The van der Waals surface area contributed by atoms with Gasteiger partial charge < -0.3 is 9.30 Å². The van der Waals surface area contributed by atoms with Gasteiger partial charge in [-0.05, 0) is 23.8 Å². The van der Waals surface area contributed by atoms with Gasteiger partial charge in [0.2, 0.25) is 0 Å². The number of para-hydroxylation sites is 2. The maximum Gasteiger partial charge on any atom is 0.311 e. The van der Waals surface area contributed by atoms with Gasteiger partial charge in [0, 0.05) is 18.9 Å². The smallest absolute Gasteiger partial charge is 0.311 e. The quantitative estimate of drug-likeness (QED) is 0.405. The molecule has 0 unspecified atom stereocenters. The normalized spacial score (nSPS) is 10.9. The van der Waals surface area contributed by atoms with Crippen molar-refractivity contribution in [2.24, 2.45) is 7.05 Å². The summed E-state index contributed by atoms with van der Waals surface area (Å²) >= 11 is 1.55. The van der Waals surface area contributed by atoms with Crippen molar-refractivity contribution < 1.29 is 9.66 Å². The highest BCUT2D eigenvalue weighted by molar-refractivity contribution is 7.98. The summed E-state index contributed by atoms with van der Waals surface area (Å²) in [6, 6.07) is 12.9. The second-order valence-electron chi connectivity index (χ2n) is 4.99. The molecule has 3 rings (SSSR count). The lowest BCUT2D eigenvalue weighted by molar-refractivity contribution is -0.385. The third kappa shape index (κ3) is 3.00. The first-order valence-electron chi connectivity index (χ1n) is 6.95. The topological polar surface area (TPSA) is 70.2 Å². The first-order chi connectivity index (χ1) is 11.1. The van der Waals surface area contributed by atoms with Gasteiger partial charge in [0.15, 0.2) is 10.9 Å². The van der Waals surface area contributed by atoms with Crippen LogP contribution in [0.1, 0.15) is 5.56 Å². The SMILES string of the molecule is COc1ccc(CSc2nc3ccccc3n2C)cc1[N+](=O)[O-]. The Morgan fingerprint density at radius 1 is 1.30 bits per heavy atom. The molecule has 0 saturated carbocycles. The predicted molar refractivity (Wildman–Crippen MR) is 89.9 cm³/mol. The molecule has 0 aliphatic carbocycles. The largest absolute Gasteiger partial charge is 0.490 e. The molecule has 0 radical (unpaired) electrons. The van der Waals surface area contributed by atoms with Gasteiger partial charge in [-0.2, -0.15) is 0 Å². The number of nitro groups is 1. The van der Waals surface area contributed by atoms with E-state index in [0.717, 1.165) is 21.8 Å². The maximum atomic E-state index is 11.1. The highest BCUT2D eigenvalue weighted by Crippen LogP contribution is 2.31. The first kappa shape index (κ1) is 15.4. The molecule has 0 fully saturated rings. The average molecular weight is 329 g/mol. The molecule has 0 aliphatic rings. The van der Waals surface area contributed by atoms with Gasteiger partial charge >= 0.3 is 5.69 Å². The Bertz CT molecular complexity index is 876. The zero-order valence-corrected chi connectivity index (χ0v) is 13.5. The van der Waals surface area contributed by atoms with Crippen molar-refractivity contribution in [3.05, 3.63) is 58.1 Å². The van der Waals surface area contributed by atoms with Gasteiger partial charge in [0.1, 0.15) is 0 Å². The van der Waals surface area contributed by atoms with Crippen LogP contribution in [0.2, 0.25) is 0 Å². The number of imidazole rings is 1. The summed E-state index contributed by atoms with van der Waals surface area (Å²) in [6.07, 6.45) is 0. The molecule has 23 heavy (non-hydrogen) atoms. The van der Waals surface area contributed by atoms with Crippen molar-refractivity contribution in [3.8, 4) is 5.75 Å². The van der Waals surface area contributed by atoms with Gasteiger partial charge in [-0.3, -0.25) is 10.1 Å². The Kier molecular flexibility index (Phi) is 4.20. The van der Waals surface area contributed by atoms with Crippen LogP contribution in [-0.2, 0) is 12.8 Å². The van der Waals surface area contributed by atoms with E-state index in [1.807, 2.05) is 41.9 Å². The molecule has 7 heteroatoms. The Labute approximate surface area is 137 Å². The lowest BCUT2D eigenvalue weighted by atomic mass is 10.2. The van der Waals surface area contributed by atoms with Crippen molar-refractivity contribution in [2.75, 3.05) is 7.11 Å². The van der Waals surface area contributed by atoms with Crippen LogP contribution in [0.15, 0.2) is 47.6 Å². The molecule has 6 nitrogen and oxygen atoms in total. The number of hydrogen-bond acceptors (Lipinski definition) is 5. The van der Waals surface area contributed by atoms with E-state index in [1.54, 1.807) is 23.9 Å². The molecule has 0 bridgehead atoms. The second kappa shape index (κ2) is 6.29. The van der Waals surface area contributed by atoms with E-state index < -0.39 is 4.92 Å². The summed E-state index contributed by atoms with van der Waals surface area (Å²) < 4.78 is 7.04. The number of fused-ring (bicyclic) bond motifs is 1. The Balaban J connectivity index is 1.83. The lowest BCUT2D eigenvalue weighted by Gasteiger charge is -2.05. The molecule has 2 aromatic carbocycles.